The summed E-state index contributed by atoms with van der Waals surface area (Å²) in [5.41, 5.74) is 2.14. The predicted molar refractivity (Wildman–Crippen MR) is 101 cm³/mol. The van der Waals surface area contributed by atoms with E-state index in [1.807, 2.05) is 37.3 Å². The average Bonchev–Trinajstić information content (AvgIpc) is 2.98. The van der Waals surface area contributed by atoms with Crippen molar-refractivity contribution in [1.29, 1.82) is 0 Å². The summed E-state index contributed by atoms with van der Waals surface area (Å²) in [5, 5.41) is 0. The first-order chi connectivity index (χ1) is 12.9. The molecule has 0 radical (unpaired) electrons. The van der Waals surface area contributed by atoms with E-state index in [0.717, 1.165) is 11.3 Å². The standard InChI is InChI=1S/C19H22N4O3S/c1-14-9-21-16(10-20-14)19(24)23-8-7-22(11-15-5-3-2-4-6-15)17-12-27(25,26)13-18(17)23/h2-6,9-10,17-18H,7-8,11-13H2,1H3. The highest BCUT2D eigenvalue weighted by atomic mass is 32.2. The van der Waals surface area contributed by atoms with Crippen molar-refractivity contribution in [3.05, 3.63) is 59.7 Å². The van der Waals surface area contributed by atoms with Gasteiger partial charge in [-0.3, -0.25) is 14.7 Å². The number of piperazine rings is 1. The Morgan fingerprint density at radius 2 is 1.81 bits per heavy atom. The Morgan fingerprint density at radius 1 is 1.07 bits per heavy atom. The molecule has 27 heavy (non-hydrogen) atoms. The lowest BCUT2D eigenvalue weighted by molar-refractivity contribution is 0.0301. The third kappa shape index (κ3) is 3.72. The first-order valence-corrected chi connectivity index (χ1v) is 10.8. The number of sulfone groups is 1. The summed E-state index contributed by atoms with van der Waals surface area (Å²) in [6.45, 7) is 3.61. The molecule has 2 aliphatic rings. The molecule has 7 nitrogen and oxygen atoms in total. The summed E-state index contributed by atoms with van der Waals surface area (Å²) in [6.07, 6.45) is 3.02. The Kier molecular flexibility index (Phi) is 4.69. The zero-order valence-electron chi connectivity index (χ0n) is 15.2. The van der Waals surface area contributed by atoms with Gasteiger partial charge >= 0.3 is 0 Å². The lowest BCUT2D eigenvalue weighted by atomic mass is 10.0. The van der Waals surface area contributed by atoms with Gasteiger partial charge in [0.1, 0.15) is 5.69 Å². The minimum Gasteiger partial charge on any atom is -0.330 e. The molecule has 2 atom stereocenters. The van der Waals surface area contributed by atoms with E-state index in [2.05, 4.69) is 14.9 Å². The van der Waals surface area contributed by atoms with E-state index in [4.69, 9.17) is 0 Å². The fourth-order valence-corrected chi connectivity index (χ4v) is 5.95. The molecular weight excluding hydrogens is 364 g/mol. The summed E-state index contributed by atoms with van der Waals surface area (Å²) in [5.74, 6) is -0.143. The Balaban J connectivity index is 1.58. The lowest BCUT2D eigenvalue weighted by Gasteiger charge is -2.43. The third-order valence-electron chi connectivity index (χ3n) is 5.28. The summed E-state index contributed by atoms with van der Waals surface area (Å²) in [4.78, 5) is 25.1. The fourth-order valence-electron chi connectivity index (χ4n) is 3.94. The van der Waals surface area contributed by atoms with Crippen molar-refractivity contribution < 1.29 is 13.2 Å². The van der Waals surface area contributed by atoms with E-state index in [0.29, 0.717) is 19.6 Å². The molecule has 0 aliphatic carbocycles. The van der Waals surface area contributed by atoms with Crippen molar-refractivity contribution in [2.75, 3.05) is 24.6 Å². The Morgan fingerprint density at radius 3 is 2.52 bits per heavy atom. The molecule has 1 aromatic heterocycles. The molecule has 2 saturated heterocycles. The van der Waals surface area contributed by atoms with Crippen molar-refractivity contribution in [3.63, 3.8) is 0 Å². The van der Waals surface area contributed by atoms with Crippen LogP contribution < -0.4 is 0 Å². The molecule has 3 heterocycles. The molecule has 0 N–H and O–H groups in total. The van der Waals surface area contributed by atoms with E-state index >= 15 is 0 Å². The molecule has 2 fully saturated rings. The number of carbonyl (C=O) groups excluding carboxylic acids is 1. The molecule has 1 aromatic carbocycles. The monoisotopic (exact) mass is 386 g/mol. The van der Waals surface area contributed by atoms with Crippen LogP contribution in [0.4, 0.5) is 0 Å². The van der Waals surface area contributed by atoms with Gasteiger partial charge in [0.15, 0.2) is 9.84 Å². The molecule has 2 unspecified atom stereocenters. The highest BCUT2D eigenvalue weighted by Crippen LogP contribution is 2.29. The molecule has 0 bridgehead atoms. The Hall–Kier alpha value is -2.32. The Bertz CT molecular complexity index is 931. The molecule has 2 aromatic rings. The van der Waals surface area contributed by atoms with Gasteiger partial charge in [0.2, 0.25) is 0 Å². The van der Waals surface area contributed by atoms with Gasteiger partial charge in [0, 0.05) is 31.9 Å². The van der Waals surface area contributed by atoms with Crippen LogP contribution in [0.15, 0.2) is 42.7 Å². The zero-order chi connectivity index (χ0) is 19.0. The smallest absolute Gasteiger partial charge is 0.274 e. The van der Waals surface area contributed by atoms with Crippen LogP contribution in [0, 0.1) is 6.92 Å². The zero-order valence-corrected chi connectivity index (χ0v) is 16.0. The van der Waals surface area contributed by atoms with Gasteiger partial charge in [0.25, 0.3) is 5.91 Å². The second kappa shape index (κ2) is 7.01. The lowest BCUT2D eigenvalue weighted by Crippen LogP contribution is -2.60. The molecule has 4 rings (SSSR count). The molecule has 0 spiro atoms. The minimum atomic E-state index is -3.18. The van der Waals surface area contributed by atoms with Crippen LogP contribution in [0.3, 0.4) is 0 Å². The number of aromatic nitrogens is 2. The summed E-state index contributed by atoms with van der Waals surface area (Å²) < 4.78 is 24.7. The second-order valence-corrected chi connectivity index (χ2v) is 9.36. The number of fused-ring (bicyclic) bond motifs is 1. The quantitative estimate of drug-likeness (QED) is 0.780. The molecule has 8 heteroatoms. The largest absolute Gasteiger partial charge is 0.330 e. The van der Waals surface area contributed by atoms with E-state index < -0.39 is 9.84 Å². The normalized spacial score (nSPS) is 24.6. The number of hydrogen-bond acceptors (Lipinski definition) is 6. The van der Waals surface area contributed by atoms with Gasteiger partial charge in [-0.25, -0.2) is 13.4 Å². The number of rotatable bonds is 3. The van der Waals surface area contributed by atoms with E-state index in [-0.39, 0.29) is 35.2 Å². The molecule has 0 saturated carbocycles. The first kappa shape index (κ1) is 18.1. The number of amides is 1. The summed E-state index contributed by atoms with van der Waals surface area (Å²) in [6, 6.07) is 9.47. The van der Waals surface area contributed by atoms with Crippen molar-refractivity contribution in [3.8, 4) is 0 Å². The van der Waals surface area contributed by atoms with Gasteiger partial charge in [-0.1, -0.05) is 30.3 Å². The van der Waals surface area contributed by atoms with Gasteiger partial charge in [-0.2, -0.15) is 0 Å². The Labute approximate surface area is 159 Å². The molecular formula is C19H22N4O3S. The maximum absolute atomic E-state index is 12.9. The predicted octanol–water partition coefficient (Wildman–Crippen LogP) is 0.909. The molecule has 142 valence electrons. The van der Waals surface area contributed by atoms with Gasteiger partial charge in [-0.05, 0) is 12.5 Å². The van der Waals surface area contributed by atoms with E-state index in [9.17, 15) is 13.2 Å². The summed E-state index contributed by atoms with van der Waals surface area (Å²) in [7, 11) is -3.18. The second-order valence-electron chi connectivity index (χ2n) is 7.21. The van der Waals surface area contributed by atoms with Crippen LogP contribution in [0.25, 0.3) is 0 Å². The average molecular weight is 386 g/mol. The number of benzene rings is 1. The third-order valence-corrected chi connectivity index (χ3v) is 6.98. The van der Waals surface area contributed by atoms with E-state index in [1.165, 1.54) is 6.20 Å². The number of hydrogen-bond donors (Lipinski definition) is 0. The summed E-state index contributed by atoms with van der Waals surface area (Å²) >= 11 is 0. The van der Waals surface area contributed by atoms with Gasteiger partial charge in [0.05, 0.1) is 29.4 Å². The SMILES string of the molecule is Cc1cnc(C(=O)N2CCN(Cc3ccccc3)C3CS(=O)(=O)CC32)cn1. The van der Waals surface area contributed by atoms with Gasteiger partial charge in [-0.15, -0.1) is 0 Å². The number of aryl methyl sites for hydroxylation is 1. The van der Waals surface area contributed by atoms with Crippen LogP contribution in [-0.2, 0) is 16.4 Å². The maximum atomic E-state index is 12.9. The van der Waals surface area contributed by atoms with Crippen molar-refractivity contribution in [2.24, 2.45) is 0 Å². The van der Waals surface area contributed by atoms with Gasteiger partial charge < -0.3 is 4.90 Å². The van der Waals surface area contributed by atoms with Crippen LogP contribution >= 0.6 is 0 Å². The van der Waals surface area contributed by atoms with Crippen LogP contribution in [0.5, 0.6) is 0 Å². The van der Waals surface area contributed by atoms with Crippen molar-refractivity contribution in [2.45, 2.75) is 25.6 Å². The number of nitrogens with zero attached hydrogens (tertiary/aromatic N) is 4. The van der Waals surface area contributed by atoms with Crippen molar-refractivity contribution in [1.82, 2.24) is 19.8 Å². The van der Waals surface area contributed by atoms with Crippen LogP contribution in [0.2, 0.25) is 0 Å². The minimum absolute atomic E-state index is 0.00792. The highest BCUT2D eigenvalue weighted by molar-refractivity contribution is 7.91. The van der Waals surface area contributed by atoms with Crippen molar-refractivity contribution >= 4 is 15.7 Å². The number of carbonyl (C=O) groups is 1. The topological polar surface area (TPSA) is 83.5 Å². The maximum Gasteiger partial charge on any atom is 0.274 e. The highest BCUT2D eigenvalue weighted by Gasteiger charge is 2.48. The molecule has 1 amide bonds. The molecule has 2 aliphatic heterocycles. The van der Waals surface area contributed by atoms with Crippen LogP contribution in [0.1, 0.15) is 21.7 Å². The fraction of sp³-hybridized carbons (Fsp3) is 0.421. The van der Waals surface area contributed by atoms with Crippen LogP contribution in [-0.4, -0.2) is 70.8 Å². The first-order valence-electron chi connectivity index (χ1n) is 9.01. The van der Waals surface area contributed by atoms with E-state index in [1.54, 1.807) is 11.1 Å².